The number of alkyl halides is 3. The highest BCUT2D eigenvalue weighted by molar-refractivity contribution is 7.19. The fourth-order valence-corrected chi connectivity index (χ4v) is 3.28. The zero-order valence-electron chi connectivity index (χ0n) is 12.5. The molecule has 0 aliphatic carbocycles. The van der Waals surface area contributed by atoms with Gasteiger partial charge in [-0.15, -0.1) is 0 Å². The lowest BCUT2D eigenvalue weighted by Crippen LogP contribution is -2.29. The van der Waals surface area contributed by atoms with Gasteiger partial charge in [0.05, 0.1) is 0 Å². The third kappa shape index (κ3) is 4.00. The van der Waals surface area contributed by atoms with E-state index in [0.29, 0.717) is 21.2 Å². The Balaban J connectivity index is 2.07. The van der Waals surface area contributed by atoms with Gasteiger partial charge < -0.3 is 5.32 Å². The van der Waals surface area contributed by atoms with Crippen molar-refractivity contribution in [1.29, 1.82) is 0 Å². The molecule has 0 spiro atoms. The van der Waals surface area contributed by atoms with Crippen LogP contribution in [0.5, 0.6) is 0 Å². The second-order valence-electron chi connectivity index (χ2n) is 5.03. The van der Waals surface area contributed by atoms with E-state index in [1.54, 1.807) is 54.6 Å². The van der Waals surface area contributed by atoms with Crippen molar-refractivity contribution in [2.24, 2.45) is 0 Å². The van der Waals surface area contributed by atoms with E-state index in [1.807, 2.05) is 5.32 Å². The number of halogens is 4. The Hall–Kier alpha value is -2.38. The Labute approximate surface area is 150 Å². The lowest BCUT2D eigenvalue weighted by atomic mass is 10.1. The van der Waals surface area contributed by atoms with E-state index in [4.69, 9.17) is 11.6 Å². The maximum absolute atomic E-state index is 12.6. The molecule has 3 nitrogen and oxygen atoms in total. The molecule has 1 N–H and O–H groups in total. The molecule has 0 aliphatic heterocycles. The van der Waals surface area contributed by atoms with Crippen molar-refractivity contribution in [3.63, 3.8) is 0 Å². The minimum atomic E-state index is -4.98. The number of carbonyl (C=O) groups excluding carboxylic acids is 1. The van der Waals surface area contributed by atoms with E-state index >= 15 is 0 Å². The van der Waals surface area contributed by atoms with E-state index in [-0.39, 0.29) is 10.7 Å². The molecule has 0 saturated heterocycles. The number of anilines is 1. The van der Waals surface area contributed by atoms with Gasteiger partial charge in [0.15, 0.2) is 0 Å². The fourth-order valence-electron chi connectivity index (χ4n) is 2.12. The summed E-state index contributed by atoms with van der Waals surface area (Å²) in [6.07, 6.45) is -4.98. The summed E-state index contributed by atoms with van der Waals surface area (Å²) in [6, 6.07) is 15.5. The Morgan fingerprint density at radius 1 is 1.04 bits per heavy atom. The number of nitrogens with one attached hydrogen (secondary N) is 1. The molecular weight excluding hydrogens is 373 g/mol. The molecule has 8 heteroatoms. The van der Waals surface area contributed by atoms with Gasteiger partial charge in [0.25, 0.3) is 0 Å². The van der Waals surface area contributed by atoms with Gasteiger partial charge in [0.1, 0.15) is 15.7 Å². The van der Waals surface area contributed by atoms with E-state index < -0.39 is 12.1 Å². The topological polar surface area (TPSA) is 42.0 Å². The highest BCUT2D eigenvalue weighted by Crippen LogP contribution is 2.39. The van der Waals surface area contributed by atoms with Crippen LogP contribution < -0.4 is 5.32 Å². The molecule has 1 aromatic heterocycles. The Bertz CT molecular complexity index is 910. The molecule has 0 fully saturated rings. The lowest BCUT2D eigenvalue weighted by Gasteiger charge is -2.07. The summed E-state index contributed by atoms with van der Waals surface area (Å²) in [6.45, 7) is 0. The summed E-state index contributed by atoms with van der Waals surface area (Å²) in [5.74, 6) is -2.04. The van der Waals surface area contributed by atoms with Gasteiger partial charge in [-0.2, -0.15) is 13.2 Å². The molecule has 0 atom stereocenters. The molecule has 0 aliphatic rings. The van der Waals surface area contributed by atoms with Crippen LogP contribution in [0.15, 0.2) is 54.6 Å². The van der Waals surface area contributed by atoms with Crippen LogP contribution in [0.25, 0.3) is 21.8 Å². The van der Waals surface area contributed by atoms with Gasteiger partial charge in [-0.1, -0.05) is 65.4 Å². The van der Waals surface area contributed by atoms with Gasteiger partial charge in [-0.3, -0.25) is 4.79 Å². The number of carbonyl (C=O) groups is 1. The van der Waals surface area contributed by atoms with Crippen LogP contribution in [0.1, 0.15) is 0 Å². The maximum Gasteiger partial charge on any atom is 0.471 e. The Morgan fingerprint density at radius 3 is 2.36 bits per heavy atom. The number of hydrogen-bond acceptors (Lipinski definition) is 3. The Kier molecular flexibility index (Phi) is 4.78. The third-order valence-electron chi connectivity index (χ3n) is 3.23. The molecule has 0 bridgehead atoms. The number of aromatic nitrogens is 1. The van der Waals surface area contributed by atoms with Crippen LogP contribution in [-0.2, 0) is 4.79 Å². The molecule has 1 amide bonds. The molecule has 0 unspecified atom stereocenters. The first-order valence-electron chi connectivity index (χ1n) is 7.05. The minimum absolute atomic E-state index is 0.0310. The molecule has 0 radical (unpaired) electrons. The predicted molar refractivity (Wildman–Crippen MR) is 92.7 cm³/mol. The van der Waals surface area contributed by atoms with Crippen LogP contribution >= 0.6 is 22.9 Å². The van der Waals surface area contributed by atoms with Crippen LogP contribution in [-0.4, -0.2) is 17.1 Å². The predicted octanol–water partition coefficient (Wildman–Crippen LogP) is 5.63. The molecular formula is C17H10ClF3N2OS. The molecule has 25 heavy (non-hydrogen) atoms. The van der Waals surface area contributed by atoms with Gasteiger partial charge in [0.2, 0.25) is 0 Å². The van der Waals surface area contributed by atoms with E-state index in [0.717, 1.165) is 11.3 Å². The van der Waals surface area contributed by atoms with Crippen molar-refractivity contribution < 1.29 is 18.0 Å². The van der Waals surface area contributed by atoms with Crippen molar-refractivity contribution in [2.75, 3.05) is 5.32 Å². The van der Waals surface area contributed by atoms with Gasteiger partial charge in [-0.05, 0) is 12.1 Å². The average molecular weight is 383 g/mol. The average Bonchev–Trinajstić information content (AvgIpc) is 2.99. The number of nitrogens with zero attached hydrogens (tertiary/aromatic N) is 1. The van der Waals surface area contributed by atoms with Gasteiger partial charge in [0, 0.05) is 16.1 Å². The minimum Gasteiger partial charge on any atom is -0.308 e. The molecule has 3 rings (SSSR count). The summed E-state index contributed by atoms with van der Waals surface area (Å²) in [7, 11) is 0. The second kappa shape index (κ2) is 6.85. The first-order valence-corrected chi connectivity index (χ1v) is 8.24. The number of benzene rings is 2. The highest BCUT2D eigenvalue weighted by atomic mass is 35.5. The van der Waals surface area contributed by atoms with Crippen molar-refractivity contribution in [3.05, 3.63) is 59.6 Å². The van der Waals surface area contributed by atoms with Crippen LogP contribution in [0.3, 0.4) is 0 Å². The zero-order valence-corrected chi connectivity index (χ0v) is 14.0. The first-order chi connectivity index (χ1) is 11.8. The largest absolute Gasteiger partial charge is 0.471 e. The summed E-state index contributed by atoms with van der Waals surface area (Å²) >= 11 is 6.92. The summed E-state index contributed by atoms with van der Waals surface area (Å²) < 4.78 is 37.8. The molecule has 128 valence electrons. The fraction of sp³-hybridized carbons (Fsp3) is 0.0588. The van der Waals surface area contributed by atoms with E-state index in [9.17, 15) is 18.0 Å². The second-order valence-corrected chi connectivity index (χ2v) is 6.46. The van der Waals surface area contributed by atoms with Gasteiger partial charge >= 0.3 is 12.1 Å². The number of rotatable bonds is 3. The summed E-state index contributed by atoms with van der Waals surface area (Å²) in [4.78, 5) is 15.7. The van der Waals surface area contributed by atoms with Crippen molar-refractivity contribution in [1.82, 2.24) is 4.98 Å². The quantitative estimate of drug-likeness (QED) is 0.637. The smallest absolute Gasteiger partial charge is 0.308 e. The van der Waals surface area contributed by atoms with Crippen molar-refractivity contribution in [3.8, 4) is 21.8 Å². The molecule has 1 heterocycles. The SMILES string of the molecule is O=C(Nc1sc(-c2cccc(Cl)c2)nc1-c1ccccc1)C(F)(F)F. The van der Waals surface area contributed by atoms with Crippen LogP contribution in [0.2, 0.25) is 5.02 Å². The monoisotopic (exact) mass is 382 g/mol. The number of thiazole rings is 1. The number of hydrogen-bond donors (Lipinski definition) is 1. The normalized spacial score (nSPS) is 11.4. The van der Waals surface area contributed by atoms with E-state index in [2.05, 4.69) is 4.98 Å². The Morgan fingerprint density at radius 2 is 1.72 bits per heavy atom. The van der Waals surface area contributed by atoms with Crippen molar-refractivity contribution in [2.45, 2.75) is 6.18 Å². The van der Waals surface area contributed by atoms with Crippen molar-refractivity contribution >= 4 is 33.8 Å². The third-order valence-corrected chi connectivity index (χ3v) is 4.49. The summed E-state index contributed by atoms with van der Waals surface area (Å²) in [5.41, 5.74) is 1.53. The molecule has 2 aromatic carbocycles. The van der Waals surface area contributed by atoms with Crippen LogP contribution in [0, 0.1) is 0 Å². The standard InChI is InChI=1S/C17H10ClF3N2OS/c18-12-8-4-7-11(9-12)14-22-13(10-5-2-1-3-6-10)15(25-14)23-16(24)17(19,20)21/h1-9H,(H,23,24). The number of amides is 1. The zero-order chi connectivity index (χ0) is 18.0. The highest BCUT2D eigenvalue weighted by Gasteiger charge is 2.39. The first kappa shape index (κ1) is 17.4. The van der Waals surface area contributed by atoms with Crippen LogP contribution in [0.4, 0.5) is 18.2 Å². The van der Waals surface area contributed by atoms with E-state index in [1.165, 1.54) is 0 Å². The maximum atomic E-state index is 12.6. The molecule has 3 aromatic rings. The summed E-state index contributed by atoms with van der Waals surface area (Å²) in [5, 5.41) is 2.88. The van der Waals surface area contributed by atoms with Gasteiger partial charge in [-0.25, -0.2) is 4.98 Å². The lowest BCUT2D eigenvalue weighted by molar-refractivity contribution is -0.167. The molecule has 0 saturated carbocycles.